The fraction of sp³-hybridized carbons (Fsp3) is 0.636. The van der Waals surface area contributed by atoms with Gasteiger partial charge in [0.2, 0.25) is 0 Å². The van der Waals surface area contributed by atoms with Crippen molar-refractivity contribution in [3.05, 3.63) is 24.4 Å². The van der Waals surface area contributed by atoms with E-state index in [1.165, 1.54) is 18.5 Å². The van der Waals surface area contributed by atoms with Crippen LogP contribution in [0.3, 0.4) is 0 Å². The number of hydrogen-bond acceptors (Lipinski definition) is 2. The molecule has 0 atom stereocenters. The Kier molecular flexibility index (Phi) is 7.41. The molecule has 0 aromatic rings. The molecule has 2 heteroatoms. The molecular formula is C11H22N2. The summed E-state index contributed by atoms with van der Waals surface area (Å²) in [5.74, 6) is 0. The maximum absolute atomic E-state index is 5.64. The summed E-state index contributed by atoms with van der Waals surface area (Å²) in [6.45, 7) is 10.6. The van der Waals surface area contributed by atoms with E-state index in [2.05, 4.69) is 24.5 Å². The molecule has 13 heavy (non-hydrogen) atoms. The van der Waals surface area contributed by atoms with Crippen molar-refractivity contribution in [1.82, 2.24) is 4.90 Å². The van der Waals surface area contributed by atoms with Gasteiger partial charge in [0.05, 0.1) is 0 Å². The van der Waals surface area contributed by atoms with Crippen LogP contribution >= 0.6 is 0 Å². The zero-order chi connectivity index (χ0) is 10.1. The molecule has 0 aromatic heterocycles. The number of nitrogens with two attached hydrogens (primary N) is 1. The summed E-state index contributed by atoms with van der Waals surface area (Å²) in [7, 11) is 0. The van der Waals surface area contributed by atoms with Gasteiger partial charge in [0, 0.05) is 25.3 Å². The number of hydrogen-bond donors (Lipinski definition) is 1. The Balaban J connectivity index is 4.12. The van der Waals surface area contributed by atoms with E-state index in [-0.39, 0.29) is 0 Å². The quantitative estimate of drug-likeness (QED) is 0.611. The molecule has 0 aliphatic carbocycles. The molecule has 0 saturated carbocycles. The van der Waals surface area contributed by atoms with Gasteiger partial charge >= 0.3 is 0 Å². The van der Waals surface area contributed by atoms with Gasteiger partial charge in [-0.25, -0.2) is 0 Å². The average molecular weight is 182 g/mol. The van der Waals surface area contributed by atoms with Gasteiger partial charge in [-0.3, -0.25) is 0 Å². The van der Waals surface area contributed by atoms with Crippen molar-refractivity contribution in [2.75, 3.05) is 19.6 Å². The summed E-state index contributed by atoms with van der Waals surface area (Å²) in [5, 5.41) is 0. The molecule has 0 aliphatic heterocycles. The Morgan fingerprint density at radius 1 is 1.54 bits per heavy atom. The summed E-state index contributed by atoms with van der Waals surface area (Å²) in [6.07, 6.45) is 6.44. The van der Waals surface area contributed by atoms with Crippen LogP contribution in [-0.4, -0.2) is 24.5 Å². The second kappa shape index (κ2) is 7.87. The summed E-state index contributed by atoms with van der Waals surface area (Å²) in [6, 6.07) is 0. The first kappa shape index (κ1) is 12.2. The molecule has 0 saturated heterocycles. The molecule has 0 rings (SSSR count). The molecule has 0 unspecified atom stereocenters. The lowest BCUT2D eigenvalue weighted by molar-refractivity contribution is 0.366. The summed E-state index contributed by atoms with van der Waals surface area (Å²) in [4.78, 5) is 2.29. The lowest BCUT2D eigenvalue weighted by Gasteiger charge is -2.25. The molecule has 0 aliphatic rings. The van der Waals surface area contributed by atoms with E-state index in [0.29, 0.717) is 6.54 Å². The van der Waals surface area contributed by atoms with Crippen LogP contribution in [-0.2, 0) is 0 Å². The predicted molar refractivity (Wildman–Crippen MR) is 59.5 cm³/mol. The standard InChI is InChI=1S/C11H22N2/c1-4-7-9-13(8-5-2)11(6-3)10-12/h5-6H,2,4,7-10,12H2,1,3H3/b11-6-. The van der Waals surface area contributed by atoms with Crippen LogP contribution in [0.5, 0.6) is 0 Å². The smallest absolute Gasteiger partial charge is 0.0354 e. The molecule has 0 aromatic carbocycles. The minimum absolute atomic E-state index is 0.619. The SMILES string of the molecule is C=CCN(CCCC)/C(=C\C)CN. The zero-order valence-corrected chi connectivity index (χ0v) is 8.92. The Hall–Kier alpha value is -0.760. The highest BCUT2D eigenvalue weighted by Gasteiger charge is 2.03. The van der Waals surface area contributed by atoms with Crippen molar-refractivity contribution >= 4 is 0 Å². The Bertz CT molecular complexity index is 161. The lowest BCUT2D eigenvalue weighted by Crippen LogP contribution is -2.28. The first-order chi connectivity index (χ1) is 6.29. The normalized spacial score (nSPS) is 11.5. The van der Waals surface area contributed by atoms with E-state index in [4.69, 9.17) is 5.73 Å². The maximum Gasteiger partial charge on any atom is 0.0354 e. The Morgan fingerprint density at radius 3 is 2.62 bits per heavy atom. The molecule has 0 fully saturated rings. The van der Waals surface area contributed by atoms with Crippen LogP contribution in [0.4, 0.5) is 0 Å². The third-order valence-corrected chi connectivity index (χ3v) is 2.08. The largest absolute Gasteiger partial charge is 0.370 e. The number of allylic oxidation sites excluding steroid dienone is 1. The number of rotatable bonds is 7. The van der Waals surface area contributed by atoms with Crippen LogP contribution in [0, 0.1) is 0 Å². The molecule has 0 spiro atoms. The third-order valence-electron chi connectivity index (χ3n) is 2.08. The van der Waals surface area contributed by atoms with Crippen LogP contribution < -0.4 is 5.73 Å². The summed E-state index contributed by atoms with van der Waals surface area (Å²) in [5.41, 5.74) is 6.86. The van der Waals surface area contributed by atoms with Gasteiger partial charge < -0.3 is 10.6 Å². The first-order valence-corrected chi connectivity index (χ1v) is 5.01. The maximum atomic E-state index is 5.64. The van der Waals surface area contributed by atoms with E-state index in [1.54, 1.807) is 0 Å². The minimum atomic E-state index is 0.619. The summed E-state index contributed by atoms with van der Waals surface area (Å²) >= 11 is 0. The third kappa shape index (κ3) is 4.73. The molecule has 0 heterocycles. The van der Waals surface area contributed by atoms with E-state index < -0.39 is 0 Å². The van der Waals surface area contributed by atoms with E-state index in [0.717, 1.165) is 13.1 Å². The molecule has 2 N–H and O–H groups in total. The van der Waals surface area contributed by atoms with Crippen molar-refractivity contribution < 1.29 is 0 Å². The molecule has 76 valence electrons. The fourth-order valence-electron chi connectivity index (χ4n) is 1.29. The first-order valence-electron chi connectivity index (χ1n) is 5.01. The van der Waals surface area contributed by atoms with Crippen LogP contribution in [0.1, 0.15) is 26.7 Å². The minimum Gasteiger partial charge on any atom is -0.370 e. The molecular weight excluding hydrogens is 160 g/mol. The van der Waals surface area contributed by atoms with E-state index in [9.17, 15) is 0 Å². The van der Waals surface area contributed by atoms with Crippen molar-refractivity contribution in [1.29, 1.82) is 0 Å². The highest BCUT2D eigenvalue weighted by Crippen LogP contribution is 2.04. The van der Waals surface area contributed by atoms with Gasteiger partial charge in [0.15, 0.2) is 0 Å². The van der Waals surface area contributed by atoms with Crippen molar-refractivity contribution in [3.63, 3.8) is 0 Å². The van der Waals surface area contributed by atoms with Gasteiger partial charge in [0.1, 0.15) is 0 Å². The second-order valence-electron chi connectivity index (χ2n) is 3.07. The molecule has 0 radical (unpaired) electrons. The van der Waals surface area contributed by atoms with E-state index in [1.807, 2.05) is 13.0 Å². The van der Waals surface area contributed by atoms with Crippen LogP contribution in [0.2, 0.25) is 0 Å². The van der Waals surface area contributed by atoms with Gasteiger partial charge in [-0.2, -0.15) is 0 Å². The number of nitrogens with zero attached hydrogens (tertiary/aromatic N) is 1. The topological polar surface area (TPSA) is 29.3 Å². The van der Waals surface area contributed by atoms with Crippen molar-refractivity contribution in [3.8, 4) is 0 Å². The Morgan fingerprint density at radius 2 is 2.23 bits per heavy atom. The van der Waals surface area contributed by atoms with Gasteiger partial charge in [-0.1, -0.05) is 25.5 Å². The van der Waals surface area contributed by atoms with Crippen LogP contribution in [0.15, 0.2) is 24.4 Å². The highest BCUT2D eigenvalue weighted by atomic mass is 15.1. The monoisotopic (exact) mass is 182 g/mol. The molecule has 0 amide bonds. The number of unbranched alkanes of at least 4 members (excludes halogenated alkanes) is 1. The Labute approximate surface area is 82.1 Å². The highest BCUT2D eigenvalue weighted by molar-refractivity contribution is 5.02. The predicted octanol–water partition coefficient (Wildman–Crippen LogP) is 2.14. The molecule has 2 nitrogen and oxygen atoms in total. The molecule has 0 bridgehead atoms. The fourth-order valence-corrected chi connectivity index (χ4v) is 1.29. The van der Waals surface area contributed by atoms with Gasteiger partial charge in [-0.05, 0) is 13.3 Å². The van der Waals surface area contributed by atoms with Crippen molar-refractivity contribution in [2.24, 2.45) is 5.73 Å². The summed E-state index contributed by atoms with van der Waals surface area (Å²) < 4.78 is 0. The van der Waals surface area contributed by atoms with Gasteiger partial charge in [-0.15, -0.1) is 6.58 Å². The van der Waals surface area contributed by atoms with Crippen LogP contribution in [0.25, 0.3) is 0 Å². The van der Waals surface area contributed by atoms with E-state index >= 15 is 0 Å². The second-order valence-corrected chi connectivity index (χ2v) is 3.07. The van der Waals surface area contributed by atoms with Crippen molar-refractivity contribution in [2.45, 2.75) is 26.7 Å². The lowest BCUT2D eigenvalue weighted by atomic mass is 10.2. The average Bonchev–Trinajstić information content (AvgIpc) is 2.16. The van der Waals surface area contributed by atoms with Gasteiger partial charge in [0.25, 0.3) is 0 Å². The zero-order valence-electron chi connectivity index (χ0n) is 8.92.